The zero-order valence-electron chi connectivity index (χ0n) is 9.78. The Morgan fingerprint density at radius 1 is 1.42 bits per heavy atom. The molecule has 0 aromatic heterocycles. The number of rotatable bonds is 3. The topological polar surface area (TPSA) is 49.3 Å². The van der Waals surface area contributed by atoms with Crippen molar-refractivity contribution in [1.82, 2.24) is 5.32 Å². The van der Waals surface area contributed by atoms with Gasteiger partial charge in [-0.05, 0) is 24.6 Å². The van der Waals surface area contributed by atoms with Gasteiger partial charge in [0.2, 0.25) is 0 Å². The molecule has 19 heavy (non-hydrogen) atoms. The van der Waals surface area contributed by atoms with Gasteiger partial charge < -0.3 is 10.4 Å². The van der Waals surface area contributed by atoms with Gasteiger partial charge in [-0.1, -0.05) is 6.07 Å². The third-order valence-corrected chi connectivity index (χ3v) is 4.07. The van der Waals surface area contributed by atoms with Crippen molar-refractivity contribution < 1.29 is 23.1 Å². The summed E-state index contributed by atoms with van der Waals surface area (Å²) in [7, 11) is 0. The summed E-state index contributed by atoms with van der Waals surface area (Å²) < 4.78 is 37.7. The summed E-state index contributed by atoms with van der Waals surface area (Å²) in [5, 5.41) is 11.6. The highest BCUT2D eigenvalue weighted by Gasteiger charge is 2.32. The Bertz CT molecular complexity index is 478. The normalized spacial score (nSPS) is 23.5. The van der Waals surface area contributed by atoms with Crippen molar-refractivity contribution in [3.63, 3.8) is 0 Å². The highest BCUT2D eigenvalue weighted by atomic mass is 32.2. The summed E-state index contributed by atoms with van der Waals surface area (Å²) >= 11 is 1.28. The van der Waals surface area contributed by atoms with E-state index in [-0.39, 0.29) is 5.25 Å². The molecule has 2 N–H and O–H groups in total. The molecule has 1 aromatic carbocycles. The molecule has 0 radical (unpaired) electrons. The van der Waals surface area contributed by atoms with Crippen LogP contribution in [0, 0.1) is 0 Å². The summed E-state index contributed by atoms with van der Waals surface area (Å²) in [4.78, 5) is 11.3. The van der Waals surface area contributed by atoms with Crippen LogP contribution < -0.4 is 5.32 Å². The van der Waals surface area contributed by atoms with Gasteiger partial charge in [0.25, 0.3) is 0 Å². The first kappa shape index (κ1) is 14.2. The summed E-state index contributed by atoms with van der Waals surface area (Å²) in [6, 6.07) is 4.48. The maximum atomic E-state index is 12.6. The minimum Gasteiger partial charge on any atom is -0.480 e. The van der Waals surface area contributed by atoms with Crippen LogP contribution in [0.25, 0.3) is 0 Å². The smallest absolute Gasteiger partial charge is 0.416 e. The number of carbonyl (C=O) groups is 1. The quantitative estimate of drug-likeness (QED) is 0.899. The van der Waals surface area contributed by atoms with E-state index in [0.717, 1.165) is 12.1 Å². The molecule has 1 aromatic rings. The minimum absolute atomic E-state index is 0.0235. The third kappa shape index (κ3) is 3.63. The molecule has 7 heteroatoms. The van der Waals surface area contributed by atoms with E-state index in [4.69, 9.17) is 5.11 Å². The maximum absolute atomic E-state index is 12.6. The van der Waals surface area contributed by atoms with E-state index in [1.165, 1.54) is 17.8 Å². The van der Waals surface area contributed by atoms with Crippen LogP contribution in [0.15, 0.2) is 29.2 Å². The van der Waals surface area contributed by atoms with Crippen molar-refractivity contribution in [1.29, 1.82) is 0 Å². The highest BCUT2D eigenvalue weighted by Crippen LogP contribution is 2.34. The van der Waals surface area contributed by atoms with Crippen LogP contribution in [0.1, 0.15) is 12.0 Å². The summed E-state index contributed by atoms with van der Waals surface area (Å²) in [6.07, 6.45) is -3.94. The average Bonchev–Trinajstić information content (AvgIpc) is 2.77. The van der Waals surface area contributed by atoms with Gasteiger partial charge >= 0.3 is 12.1 Å². The second-order valence-corrected chi connectivity index (χ2v) is 5.67. The van der Waals surface area contributed by atoms with Crippen LogP contribution in [-0.4, -0.2) is 28.9 Å². The number of halogens is 3. The molecule has 0 amide bonds. The Kier molecular flexibility index (Phi) is 4.05. The second-order valence-electron chi connectivity index (χ2n) is 4.30. The lowest BCUT2D eigenvalue weighted by Crippen LogP contribution is -2.29. The van der Waals surface area contributed by atoms with Gasteiger partial charge in [-0.3, -0.25) is 4.79 Å². The molecule has 2 rings (SSSR count). The lowest BCUT2D eigenvalue weighted by molar-refractivity contribution is -0.139. The van der Waals surface area contributed by atoms with Crippen LogP contribution in [-0.2, 0) is 11.0 Å². The first-order valence-corrected chi connectivity index (χ1v) is 6.54. The largest absolute Gasteiger partial charge is 0.480 e. The van der Waals surface area contributed by atoms with Crippen LogP contribution in [0.4, 0.5) is 13.2 Å². The molecule has 1 aliphatic heterocycles. The van der Waals surface area contributed by atoms with Crippen LogP contribution in [0.2, 0.25) is 0 Å². The molecule has 1 aliphatic rings. The van der Waals surface area contributed by atoms with Gasteiger partial charge in [0.15, 0.2) is 0 Å². The number of alkyl halides is 3. The van der Waals surface area contributed by atoms with Crippen molar-refractivity contribution in [2.75, 3.05) is 6.54 Å². The Morgan fingerprint density at radius 2 is 2.16 bits per heavy atom. The molecule has 0 unspecified atom stereocenters. The standard InChI is InChI=1S/C12H12F3NO2S/c13-12(14,15)7-2-1-3-8(4-7)19-9-5-10(11(17)18)16-6-9/h1-4,9-10,16H,5-6H2,(H,17,18)/t9-,10-/m0/s1. The van der Waals surface area contributed by atoms with Gasteiger partial charge in [-0.25, -0.2) is 0 Å². The first-order chi connectivity index (χ1) is 8.86. The molecule has 2 atom stereocenters. The lowest BCUT2D eigenvalue weighted by atomic mass is 10.2. The van der Waals surface area contributed by atoms with Gasteiger partial charge in [-0.15, -0.1) is 11.8 Å². The number of nitrogens with one attached hydrogen (secondary N) is 1. The van der Waals surface area contributed by atoms with Crippen LogP contribution in [0.5, 0.6) is 0 Å². The number of carboxylic acid groups (broad SMARTS) is 1. The number of hydrogen-bond acceptors (Lipinski definition) is 3. The van der Waals surface area contributed by atoms with E-state index < -0.39 is 23.8 Å². The Labute approximate surface area is 112 Å². The fourth-order valence-corrected chi connectivity index (χ4v) is 3.12. The molecule has 104 valence electrons. The third-order valence-electron chi connectivity index (χ3n) is 2.85. The first-order valence-electron chi connectivity index (χ1n) is 5.66. The zero-order valence-corrected chi connectivity index (χ0v) is 10.6. The van der Waals surface area contributed by atoms with E-state index in [9.17, 15) is 18.0 Å². The fraction of sp³-hybridized carbons (Fsp3) is 0.417. The molecule has 1 fully saturated rings. The number of thioether (sulfide) groups is 1. The number of carboxylic acids is 1. The average molecular weight is 291 g/mol. The van der Waals surface area contributed by atoms with Crippen molar-refractivity contribution in [3.05, 3.63) is 29.8 Å². The molecular formula is C12H12F3NO2S. The molecule has 0 spiro atoms. The molecule has 0 saturated carbocycles. The predicted octanol–water partition coefficient (Wildman–Crippen LogP) is 2.61. The highest BCUT2D eigenvalue weighted by molar-refractivity contribution is 8.00. The summed E-state index contributed by atoms with van der Waals surface area (Å²) in [5.74, 6) is -0.924. The van der Waals surface area contributed by atoms with E-state index in [1.54, 1.807) is 6.07 Å². The van der Waals surface area contributed by atoms with Gasteiger partial charge in [0.05, 0.1) is 5.56 Å². The van der Waals surface area contributed by atoms with Crippen LogP contribution >= 0.6 is 11.8 Å². The minimum atomic E-state index is -4.35. The molecule has 1 heterocycles. The van der Waals surface area contributed by atoms with E-state index in [1.807, 2.05) is 0 Å². The van der Waals surface area contributed by atoms with E-state index in [0.29, 0.717) is 17.9 Å². The fourth-order valence-electron chi connectivity index (χ4n) is 1.92. The zero-order chi connectivity index (χ0) is 14.0. The lowest BCUT2D eigenvalue weighted by Gasteiger charge is -2.11. The molecular weight excluding hydrogens is 279 g/mol. The predicted molar refractivity (Wildman–Crippen MR) is 65.1 cm³/mol. The second kappa shape index (κ2) is 5.42. The number of aliphatic carboxylic acids is 1. The molecule has 0 bridgehead atoms. The monoisotopic (exact) mass is 291 g/mol. The van der Waals surface area contributed by atoms with Crippen LogP contribution in [0.3, 0.4) is 0 Å². The van der Waals surface area contributed by atoms with Crippen molar-refractivity contribution in [3.8, 4) is 0 Å². The SMILES string of the molecule is O=C(O)[C@@H]1C[C@H](Sc2cccc(C(F)(F)F)c2)CN1. The van der Waals surface area contributed by atoms with Gasteiger partial charge in [-0.2, -0.15) is 13.2 Å². The molecule has 1 saturated heterocycles. The van der Waals surface area contributed by atoms with Gasteiger partial charge in [0.1, 0.15) is 6.04 Å². The Morgan fingerprint density at radius 3 is 2.74 bits per heavy atom. The van der Waals surface area contributed by atoms with Crippen molar-refractivity contribution >= 4 is 17.7 Å². The number of benzene rings is 1. The van der Waals surface area contributed by atoms with Crippen molar-refractivity contribution in [2.24, 2.45) is 0 Å². The Hall–Kier alpha value is -1.21. The maximum Gasteiger partial charge on any atom is 0.416 e. The number of hydrogen-bond donors (Lipinski definition) is 2. The summed E-state index contributed by atoms with van der Waals surface area (Å²) in [6.45, 7) is 0.484. The van der Waals surface area contributed by atoms with Gasteiger partial charge in [0, 0.05) is 16.7 Å². The molecule has 0 aliphatic carbocycles. The molecule has 3 nitrogen and oxygen atoms in total. The van der Waals surface area contributed by atoms with E-state index >= 15 is 0 Å². The summed E-state index contributed by atoms with van der Waals surface area (Å²) in [5.41, 5.74) is -0.682. The Balaban J connectivity index is 2.03. The van der Waals surface area contributed by atoms with E-state index in [2.05, 4.69) is 5.32 Å². The van der Waals surface area contributed by atoms with Crippen molar-refractivity contribution in [2.45, 2.75) is 28.8 Å².